The molecule has 21 heavy (non-hydrogen) atoms. The van der Waals surface area contributed by atoms with Gasteiger partial charge in [0, 0.05) is 30.1 Å². The highest BCUT2D eigenvalue weighted by molar-refractivity contribution is 6.00. The normalized spacial score (nSPS) is 10.7. The van der Waals surface area contributed by atoms with Gasteiger partial charge in [0.15, 0.2) is 5.78 Å². The number of pyridine rings is 1. The van der Waals surface area contributed by atoms with Crippen LogP contribution in [0, 0.1) is 0 Å². The van der Waals surface area contributed by atoms with E-state index >= 15 is 0 Å². The molecule has 2 aromatic carbocycles. The molecule has 0 aliphatic carbocycles. The van der Waals surface area contributed by atoms with Crippen LogP contribution in [-0.2, 0) is 13.0 Å². The molecule has 0 bridgehead atoms. The van der Waals surface area contributed by atoms with Crippen LogP contribution in [0.5, 0.6) is 0 Å². The second-order valence-corrected chi connectivity index (χ2v) is 4.98. The number of rotatable bonds is 4. The maximum atomic E-state index is 12.5. The SMILES string of the molecule is NCc1ccccc1CC(=O)c1ccc2cccnc2c1. The van der Waals surface area contributed by atoms with Crippen LogP contribution in [0.3, 0.4) is 0 Å². The lowest BCUT2D eigenvalue weighted by Crippen LogP contribution is -2.08. The first-order chi connectivity index (χ1) is 10.3. The molecule has 0 aliphatic rings. The molecule has 3 nitrogen and oxygen atoms in total. The van der Waals surface area contributed by atoms with Crippen molar-refractivity contribution in [2.75, 3.05) is 0 Å². The molecule has 104 valence electrons. The molecule has 3 aromatic rings. The van der Waals surface area contributed by atoms with Crippen molar-refractivity contribution in [2.24, 2.45) is 5.73 Å². The van der Waals surface area contributed by atoms with Gasteiger partial charge in [-0.1, -0.05) is 42.5 Å². The summed E-state index contributed by atoms with van der Waals surface area (Å²) in [5.41, 5.74) is 9.26. The highest BCUT2D eigenvalue weighted by Crippen LogP contribution is 2.16. The van der Waals surface area contributed by atoms with E-state index in [9.17, 15) is 4.79 Å². The third-order valence-corrected chi connectivity index (χ3v) is 3.62. The van der Waals surface area contributed by atoms with Crippen LogP contribution < -0.4 is 5.73 Å². The molecule has 0 atom stereocenters. The number of fused-ring (bicyclic) bond motifs is 1. The Morgan fingerprint density at radius 3 is 2.62 bits per heavy atom. The van der Waals surface area contributed by atoms with E-state index in [1.54, 1.807) is 6.20 Å². The molecule has 0 saturated heterocycles. The molecule has 1 aromatic heterocycles. The molecule has 0 saturated carbocycles. The number of nitrogens with zero attached hydrogens (tertiary/aromatic N) is 1. The molecular formula is C18H16N2O. The Bertz CT molecular complexity index is 796. The van der Waals surface area contributed by atoms with Crippen molar-refractivity contribution in [3.8, 4) is 0 Å². The van der Waals surface area contributed by atoms with Crippen LogP contribution >= 0.6 is 0 Å². The zero-order valence-corrected chi connectivity index (χ0v) is 11.6. The number of ketones is 1. The first-order valence-corrected chi connectivity index (χ1v) is 6.93. The van der Waals surface area contributed by atoms with Crippen LogP contribution in [0.25, 0.3) is 10.9 Å². The van der Waals surface area contributed by atoms with Gasteiger partial charge in [-0.25, -0.2) is 0 Å². The number of carbonyl (C=O) groups is 1. The summed E-state index contributed by atoms with van der Waals surface area (Å²) in [6.07, 6.45) is 2.10. The molecule has 0 aliphatic heterocycles. The van der Waals surface area contributed by atoms with Crippen molar-refractivity contribution in [1.82, 2.24) is 4.98 Å². The van der Waals surface area contributed by atoms with Crippen LogP contribution in [0.1, 0.15) is 21.5 Å². The minimum atomic E-state index is 0.0865. The maximum absolute atomic E-state index is 12.5. The summed E-state index contributed by atoms with van der Waals surface area (Å²) in [7, 11) is 0. The summed E-state index contributed by atoms with van der Waals surface area (Å²) in [6, 6.07) is 17.3. The Labute approximate surface area is 123 Å². The number of Topliss-reactive ketones (excluding diaryl/α,β-unsaturated/α-hetero) is 1. The summed E-state index contributed by atoms with van der Waals surface area (Å²) >= 11 is 0. The summed E-state index contributed by atoms with van der Waals surface area (Å²) in [5, 5.41) is 1.04. The zero-order chi connectivity index (χ0) is 14.7. The van der Waals surface area contributed by atoms with Gasteiger partial charge in [0.1, 0.15) is 0 Å². The number of hydrogen-bond acceptors (Lipinski definition) is 3. The van der Waals surface area contributed by atoms with Gasteiger partial charge in [-0.15, -0.1) is 0 Å². The molecule has 0 spiro atoms. The summed E-state index contributed by atoms with van der Waals surface area (Å²) in [6.45, 7) is 0.447. The van der Waals surface area contributed by atoms with Gasteiger partial charge in [-0.3, -0.25) is 9.78 Å². The minimum absolute atomic E-state index is 0.0865. The van der Waals surface area contributed by atoms with E-state index in [1.807, 2.05) is 54.6 Å². The molecule has 0 amide bonds. The second kappa shape index (κ2) is 5.85. The fraction of sp³-hybridized carbons (Fsp3) is 0.111. The smallest absolute Gasteiger partial charge is 0.167 e. The monoisotopic (exact) mass is 276 g/mol. The lowest BCUT2D eigenvalue weighted by atomic mass is 9.98. The lowest BCUT2D eigenvalue weighted by molar-refractivity contribution is 0.0993. The highest BCUT2D eigenvalue weighted by atomic mass is 16.1. The molecule has 3 rings (SSSR count). The van der Waals surface area contributed by atoms with Gasteiger partial charge in [0.05, 0.1) is 5.52 Å². The molecule has 1 heterocycles. The van der Waals surface area contributed by atoms with E-state index in [0.29, 0.717) is 18.5 Å². The summed E-state index contributed by atoms with van der Waals surface area (Å²) < 4.78 is 0. The van der Waals surface area contributed by atoms with Crippen molar-refractivity contribution < 1.29 is 4.79 Å². The van der Waals surface area contributed by atoms with Gasteiger partial charge in [-0.2, -0.15) is 0 Å². The molecule has 3 heteroatoms. The number of aromatic nitrogens is 1. The molecule has 0 radical (unpaired) electrons. The molecule has 2 N–H and O–H groups in total. The fourth-order valence-electron chi connectivity index (χ4n) is 2.44. The Kier molecular flexibility index (Phi) is 3.75. The van der Waals surface area contributed by atoms with Crippen LogP contribution in [0.4, 0.5) is 0 Å². The largest absolute Gasteiger partial charge is 0.326 e. The van der Waals surface area contributed by atoms with E-state index in [-0.39, 0.29) is 5.78 Å². The van der Waals surface area contributed by atoms with Gasteiger partial charge in [0.25, 0.3) is 0 Å². The van der Waals surface area contributed by atoms with E-state index < -0.39 is 0 Å². The number of nitrogens with two attached hydrogens (primary N) is 1. The van der Waals surface area contributed by atoms with Gasteiger partial charge >= 0.3 is 0 Å². The average molecular weight is 276 g/mol. The minimum Gasteiger partial charge on any atom is -0.326 e. The van der Waals surface area contributed by atoms with Crippen molar-refractivity contribution in [3.63, 3.8) is 0 Å². The molecular weight excluding hydrogens is 260 g/mol. The van der Waals surface area contributed by atoms with Gasteiger partial charge < -0.3 is 5.73 Å². The lowest BCUT2D eigenvalue weighted by Gasteiger charge is -2.07. The van der Waals surface area contributed by atoms with Crippen molar-refractivity contribution in [3.05, 3.63) is 77.5 Å². The fourth-order valence-corrected chi connectivity index (χ4v) is 2.44. The highest BCUT2D eigenvalue weighted by Gasteiger charge is 2.10. The van der Waals surface area contributed by atoms with Crippen molar-refractivity contribution >= 4 is 16.7 Å². The van der Waals surface area contributed by atoms with Crippen LogP contribution in [0.2, 0.25) is 0 Å². The molecule has 0 unspecified atom stereocenters. The maximum Gasteiger partial charge on any atom is 0.167 e. The van der Waals surface area contributed by atoms with Gasteiger partial charge in [-0.05, 0) is 23.3 Å². The third kappa shape index (κ3) is 2.83. The predicted octanol–water partition coefficient (Wildman–Crippen LogP) is 3.12. The average Bonchev–Trinajstić information content (AvgIpc) is 2.55. The number of benzene rings is 2. The summed E-state index contributed by atoms with van der Waals surface area (Å²) in [5.74, 6) is 0.0865. The molecule has 0 fully saturated rings. The first-order valence-electron chi connectivity index (χ1n) is 6.93. The third-order valence-electron chi connectivity index (χ3n) is 3.62. The van der Waals surface area contributed by atoms with E-state index in [2.05, 4.69) is 4.98 Å². The Morgan fingerprint density at radius 1 is 1.00 bits per heavy atom. The number of carbonyl (C=O) groups excluding carboxylic acids is 1. The van der Waals surface area contributed by atoms with Crippen LogP contribution in [-0.4, -0.2) is 10.8 Å². The van der Waals surface area contributed by atoms with Crippen molar-refractivity contribution in [1.29, 1.82) is 0 Å². The topological polar surface area (TPSA) is 56.0 Å². The standard InChI is InChI=1S/C18H16N2O/c19-12-16-5-2-1-4-14(16)11-18(21)15-8-7-13-6-3-9-20-17(13)10-15/h1-10H,11-12,19H2. The zero-order valence-electron chi connectivity index (χ0n) is 11.6. The quantitative estimate of drug-likeness (QED) is 0.745. The van der Waals surface area contributed by atoms with Gasteiger partial charge in [0.2, 0.25) is 0 Å². The van der Waals surface area contributed by atoms with Crippen LogP contribution in [0.15, 0.2) is 60.8 Å². The first kappa shape index (κ1) is 13.5. The van der Waals surface area contributed by atoms with Crippen molar-refractivity contribution in [2.45, 2.75) is 13.0 Å². The predicted molar refractivity (Wildman–Crippen MR) is 84.1 cm³/mol. The van der Waals surface area contributed by atoms with E-state index in [4.69, 9.17) is 5.73 Å². The Hall–Kier alpha value is -2.52. The Balaban J connectivity index is 1.90. The van der Waals surface area contributed by atoms with E-state index in [0.717, 1.165) is 22.0 Å². The summed E-state index contributed by atoms with van der Waals surface area (Å²) in [4.78, 5) is 16.8. The Morgan fingerprint density at radius 2 is 1.81 bits per heavy atom. The second-order valence-electron chi connectivity index (χ2n) is 4.98. The van der Waals surface area contributed by atoms with E-state index in [1.165, 1.54) is 0 Å². The number of hydrogen-bond donors (Lipinski definition) is 1.